The summed E-state index contributed by atoms with van der Waals surface area (Å²) < 4.78 is 0. The quantitative estimate of drug-likeness (QED) is 0.642. The van der Waals surface area contributed by atoms with Gasteiger partial charge in [-0.1, -0.05) is 30.3 Å². The second-order valence-corrected chi connectivity index (χ2v) is 8.29. The summed E-state index contributed by atoms with van der Waals surface area (Å²) in [6.45, 7) is 2.95. The minimum Gasteiger partial charge on any atom is -0.364 e. The molecule has 160 valence electrons. The van der Waals surface area contributed by atoms with Crippen LogP contribution >= 0.6 is 0 Å². The molecule has 8 nitrogen and oxygen atoms in total. The molecule has 2 aliphatic rings. The Labute approximate surface area is 180 Å². The van der Waals surface area contributed by atoms with Crippen LogP contribution in [0.15, 0.2) is 42.5 Å². The molecule has 2 N–H and O–H groups in total. The summed E-state index contributed by atoms with van der Waals surface area (Å²) >= 11 is 0. The first-order chi connectivity index (χ1) is 15.2. The van der Waals surface area contributed by atoms with Crippen molar-refractivity contribution in [2.45, 2.75) is 31.7 Å². The molecule has 5 rings (SSSR count). The van der Waals surface area contributed by atoms with Crippen LogP contribution in [0.25, 0.3) is 11.0 Å². The van der Waals surface area contributed by atoms with E-state index in [9.17, 15) is 9.59 Å². The largest absolute Gasteiger partial charge is 0.364 e. The standard InChI is InChI=1S/C23H26N6O2/c30-20-7-4-11-28(20)15-21(31)29-12-10-17(14-29)19-9-8-18-22(26-27-23(18)25-19)24-13-16-5-2-1-3-6-16/h1-3,5-6,8-9,17H,4,7,10-15H2,(H2,24,25,26,27)/t17-/m0/s1. The molecule has 31 heavy (non-hydrogen) atoms. The number of aromatic nitrogens is 3. The van der Waals surface area contributed by atoms with Gasteiger partial charge in [0.25, 0.3) is 0 Å². The number of hydrogen-bond donors (Lipinski definition) is 2. The van der Waals surface area contributed by atoms with Crippen molar-refractivity contribution in [1.82, 2.24) is 25.0 Å². The van der Waals surface area contributed by atoms with Gasteiger partial charge in [0, 0.05) is 44.2 Å². The van der Waals surface area contributed by atoms with E-state index in [0.29, 0.717) is 32.6 Å². The molecular weight excluding hydrogens is 392 g/mol. The maximum atomic E-state index is 12.6. The molecule has 2 aromatic heterocycles. The fraction of sp³-hybridized carbons (Fsp3) is 0.391. The summed E-state index contributed by atoms with van der Waals surface area (Å²) in [6, 6.07) is 14.3. The second kappa shape index (κ2) is 8.37. The third-order valence-electron chi connectivity index (χ3n) is 6.21. The zero-order valence-corrected chi connectivity index (χ0v) is 17.4. The van der Waals surface area contributed by atoms with Crippen molar-refractivity contribution in [3.8, 4) is 0 Å². The molecule has 3 aromatic rings. The van der Waals surface area contributed by atoms with Crippen LogP contribution in [0.2, 0.25) is 0 Å². The molecule has 0 spiro atoms. The molecule has 0 radical (unpaired) electrons. The van der Waals surface area contributed by atoms with Gasteiger partial charge in [-0.2, -0.15) is 5.10 Å². The monoisotopic (exact) mass is 418 g/mol. The number of H-pyrrole nitrogens is 1. The van der Waals surface area contributed by atoms with Crippen LogP contribution < -0.4 is 5.32 Å². The maximum Gasteiger partial charge on any atom is 0.242 e. The van der Waals surface area contributed by atoms with Crippen molar-refractivity contribution >= 4 is 28.7 Å². The Morgan fingerprint density at radius 1 is 1.16 bits per heavy atom. The van der Waals surface area contributed by atoms with Crippen LogP contribution in [0.5, 0.6) is 0 Å². The number of nitrogens with one attached hydrogen (secondary N) is 2. The number of fused-ring (bicyclic) bond motifs is 1. The zero-order chi connectivity index (χ0) is 21.2. The van der Waals surface area contributed by atoms with Crippen LogP contribution in [0.3, 0.4) is 0 Å². The first-order valence-corrected chi connectivity index (χ1v) is 10.9. The number of hydrogen-bond acceptors (Lipinski definition) is 5. The Morgan fingerprint density at radius 2 is 2.03 bits per heavy atom. The lowest BCUT2D eigenvalue weighted by Gasteiger charge is -2.21. The number of likely N-dealkylation sites (tertiary alicyclic amines) is 2. The number of rotatable bonds is 6. The van der Waals surface area contributed by atoms with E-state index in [4.69, 9.17) is 4.98 Å². The van der Waals surface area contributed by atoms with Gasteiger partial charge >= 0.3 is 0 Å². The Balaban J connectivity index is 1.23. The molecular formula is C23H26N6O2. The molecule has 0 unspecified atom stereocenters. The molecule has 0 saturated carbocycles. The highest BCUT2D eigenvalue weighted by atomic mass is 16.2. The summed E-state index contributed by atoms with van der Waals surface area (Å²) in [5.74, 6) is 1.11. The van der Waals surface area contributed by atoms with E-state index in [1.807, 2.05) is 35.2 Å². The number of nitrogens with zero attached hydrogens (tertiary/aromatic N) is 4. The molecule has 2 amide bonds. The topological polar surface area (TPSA) is 94.2 Å². The van der Waals surface area contributed by atoms with Gasteiger partial charge in [0.15, 0.2) is 11.5 Å². The molecule has 1 aromatic carbocycles. The number of amides is 2. The van der Waals surface area contributed by atoms with Crippen molar-refractivity contribution in [3.63, 3.8) is 0 Å². The van der Waals surface area contributed by atoms with Gasteiger partial charge < -0.3 is 15.1 Å². The smallest absolute Gasteiger partial charge is 0.242 e. The second-order valence-electron chi connectivity index (χ2n) is 8.29. The SMILES string of the molecule is O=C1CCCN1CC(=O)N1CC[C@H](c2ccc3c(NCc4ccccc4)n[nH]c3n2)C1. The van der Waals surface area contributed by atoms with E-state index in [0.717, 1.165) is 35.4 Å². The predicted octanol–water partition coefficient (Wildman–Crippen LogP) is 2.51. The maximum absolute atomic E-state index is 12.6. The minimum atomic E-state index is 0.0350. The highest BCUT2D eigenvalue weighted by Crippen LogP contribution is 2.29. The summed E-state index contributed by atoms with van der Waals surface area (Å²) in [7, 11) is 0. The summed E-state index contributed by atoms with van der Waals surface area (Å²) in [4.78, 5) is 32.7. The van der Waals surface area contributed by atoms with E-state index in [1.165, 1.54) is 5.56 Å². The number of benzene rings is 1. The molecule has 8 heteroatoms. The fourth-order valence-electron chi connectivity index (χ4n) is 4.43. The molecule has 2 fully saturated rings. The molecule has 2 saturated heterocycles. The average molecular weight is 419 g/mol. The van der Waals surface area contributed by atoms with Crippen molar-refractivity contribution in [2.75, 3.05) is 31.5 Å². The van der Waals surface area contributed by atoms with Gasteiger partial charge in [-0.25, -0.2) is 4.98 Å². The average Bonchev–Trinajstić information content (AvgIpc) is 3.53. The lowest BCUT2D eigenvalue weighted by atomic mass is 10.0. The predicted molar refractivity (Wildman–Crippen MR) is 117 cm³/mol. The van der Waals surface area contributed by atoms with Crippen LogP contribution in [-0.4, -0.2) is 63.0 Å². The summed E-state index contributed by atoms with van der Waals surface area (Å²) in [6.07, 6.45) is 2.29. The van der Waals surface area contributed by atoms with Gasteiger partial charge in [0.1, 0.15) is 0 Å². The van der Waals surface area contributed by atoms with Crippen molar-refractivity contribution in [2.24, 2.45) is 0 Å². The van der Waals surface area contributed by atoms with Gasteiger partial charge in [0.05, 0.1) is 11.9 Å². The van der Waals surface area contributed by atoms with Gasteiger partial charge in [-0.15, -0.1) is 0 Å². The van der Waals surface area contributed by atoms with E-state index >= 15 is 0 Å². The zero-order valence-electron chi connectivity index (χ0n) is 17.4. The highest BCUT2D eigenvalue weighted by molar-refractivity contribution is 5.87. The lowest BCUT2D eigenvalue weighted by molar-refractivity contribution is -0.137. The van der Waals surface area contributed by atoms with Gasteiger partial charge in [-0.05, 0) is 30.5 Å². The minimum absolute atomic E-state index is 0.0350. The number of pyridine rings is 1. The Hall–Kier alpha value is -3.42. The number of aromatic amines is 1. The summed E-state index contributed by atoms with van der Waals surface area (Å²) in [5, 5.41) is 11.7. The third kappa shape index (κ3) is 4.10. The number of carbonyl (C=O) groups is 2. The molecule has 0 aliphatic carbocycles. The Morgan fingerprint density at radius 3 is 2.84 bits per heavy atom. The number of carbonyl (C=O) groups excluding carboxylic acids is 2. The lowest BCUT2D eigenvalue weighted by Crippen LogP contribution is -2.39. The summed E-state index contributed by atoms with van der Waals surface area (Å²) in [5.41, 5.74) is 2.91. The third-order valence-corrected chi connectivity index (χ3v) is 6.21. The Bertz CT molecular complexity index is 1100. The van der Waals surface area contributed by atoms with E-state index in [1.54, 1.807) is 4.90 Å². The first kappa shape index (κ1) is 19.5. The van der Waals surface area contributed by atoms with Gasteiger partial charge in [-0.3, -0.25) is 14.7 Å². The van der Waals surface area contributed by atoms with Crippen molar-refractivity contribution < 1.29 is 9.59 Å². The van der Waals surface area contributed by atoms with E-state index < -0.39 is 0 Å². The number of anilines is 1. The fourth-order valence-corrected chi connectivity index (χ4v) is 4.43. The molecule has 2 aliphatic heterocycles. The molecule has 0 bridgehead atoms. The van der Waals surface area contributed by atoms with Gasteiger partial charge in [0.2, 0.25) is 11.8 Å². The Kier molecular flexibility index (Phi) is 5.28. The van der Waals surface area contributed by atoms with E-state index in [2.05, 4.69) is 27.6 Å². The molecule has 1 atom stereocenters. The first-order valence-electron chi connectivity index (χ1n) is 10.9. The van der Waals surface area contributed by atoms with Crippen molar-refractivity contribution in [1.29, 1.82) is 0 Å². The molecule has 4 heterocycles. The van der Waals surface area contributed by atoms with E-state index in [-0.39, 0.29) is 24.3 Å². The van der Waals surface area contributed by atoms with Crippen molar-refractivity contribution in [3.05, 3.63) is 53.7 Å². The van der Waals surface area contributed by atoms with Crippen LogP contribution in [0.4, 0.5) is 5.82 Å². The highest BCUT2D eigenvalue weighted by Gasteiger charge is 2.31. The van der Waals surface area contributed by atoms with Crippen LogP contribution in [-0.2, 0) is 16.1 Å². The van der Waals surface area contributed by atoms with Crippen LogP contribution in [0.1, 0.15) is 36.4 Å². The van der Waals surface area contributed by atoms with Crippen LogP contribution in [0, 0.1) is 0 Å². The normalized spacial score (nSPS) is 18.8.